The van der Waals surface area contributed by atoms with Crippen LogP contribution in [0.3, 0.4) is 0 Å². The minimum Gasteiger partial charge on any atom is -0.460 e. The van der Waals surface area contributed by atoms with Gasteiger partial charge < -0.3 is 24.5 Å². The Kier molecular flexibility index (Phi) is 9.90. The fourth-order valence-electron chi connectivity index (χ4n) is 1.63. The molecule has 0 aliphatic carbocycles. The van der Waals surface area contributed by atoms with Gasteiger partial charge in [0.1, 0.15) is 24.8 Å². The zero-order valence-electron chi connectivity index (χ0n) is 18.4. The van der Waals surface area contributed by atoms with E-state index in [0.717, 1.165) is 0 Å². The van der Waals surface area contributed by atoms with Crippen LogP contribution in [0.25, 0.3) is 0 Å². The van der Waals surface area contributed by atoms with Crippen LogP contribution < -0.4 is 10.6 Å². The lowest BCUT2D eigenvalue weighted by atomic mass is 10.2. The topological polar surface area (TPSA) is 103 Å². The van der Waals surface area contributed by atoms with Crippen molar-refractivity contribution < 1.29 is 28.3 Å². The minimum absolute atomic E-state index is 0.0245. The number of carbonyl (C=O) groups excluding carboxylic acids is 3. The summed E-state index contributed by atoms with van der Waals surface area (Å²) in [5, 5.41) is 4.91. The number of rotatable bonds is 9. The third-order valence-corrected chi connectivity index (χ3v) is 8.69. The predicted octanol–water partition coefficient (Wildman–Crippen LogP) is 2.75. The van der Waals surface area contributed by atoms with E-state index < -0.39 is 37.9 Å². The van der Waals surface area contributed by atoms with E-state index in [1.807, 2.05) is 13.1 Å². The molecule has 1 atom stereocenters. The molecule has 0 heterocycles. The molecule has 0 aromatic carbocycles. The summed E-state index contributed by atoms with van der Waals surface area (Å²) in [5.74, 6) is -1.16. The van der Waals surface area contributed by atoms with Gasteiger partial charge in [-0.25, -0.2) is 4.79 Å². The van der Waals surface area contributed by atoms with Crippen LogP contribution in [0.4, 0.5) is 4.79 Å². The molecular formula is C19H36N2O6Si. The number of esters is 1. The Morgan fingerprint density at radius 1 is 1.11 bits per heavy atom. The van der Waals surface area contributed by atoms with E-state index in [1.165, 1.54) is 6.08 Å². The highest BCUT2D eigenvalue weighted by molar-refractivity contribution is 6.74. The van der Waals surface area contributed by atoms with Crippen LogP contribution in [0.2, 0.25) is 18.1 Å². The summed E-state index contributed by atoms with van der Waals surface area (Å²) >= 11 is 0. The van der Waals surface area contributed by atoms with E-state index in [0.29, 0.717) is 0 Å². The Labute approximate surface area is 169 Å². The molecule has 0 aromatic rings. The van der Waals surface area contributed by atoms with Gasteiger partial charge in [-0.2, -0.15) is 0 Å². The molecule has 2 N–H and O–H groups in total. The molecule has 0 saturated carbocycles. The summed E-state index contributed by atoms with van der Waals surface area (Å²) in [5.41, 5.74) is -0.708. The zero-order valence-corrected chi connectivity index (χ0v) is 19.4. The number of hydrogen-bond donors (Lipinski definition) is 2. The second-order valence-electron chi connectivity index (χ2n) is 8.96. The Morgan fingerprint density at radius 2 is 1.68 bits per heavy atom. The quantitative estimate of drug-likeness (QED) is 0.340. The van der Waals surface area contributed by atoms with Crippen molar-refractivity contribution in [1.29, 1.82) is 0 Å². The van der Waals surface area contributed by atoms with Crippen LogP contribution in [0.5, 0.6) is 0 Å². The summed E-state index contributed by atoms with van der Waals surface area (Å²) < 4.78 is 16.1. The largest absolute Gasteiger partial charge is 0.460 e. The molecule has 0 aromatic heterocycles. The molecule has 0 aliphatic heterocycles. The van der Waals surface area contributed by atoms with Gasteiger partial charge in [-0.3, -0.25) is 9.59 Å². The number of hydrogen-bond acceptors (Lipinski definition) is 6. The van der Waals surface area contributed by atoms with Gasteiger partial charge in [-0.15, -0.1) is 0 Å². The van der Waals surface area contributed by atoms with Crippen molar-refractivity contribution in [2.45, 2.75) is 71.3 Å². The van der Waals surface area contributed by atoms with Crippen LogP contribution >= 0.6 is 0 Å². The Bertz CT molecular complexity index is 564. The minimum atomic E-state index is -2.15. The first-order chi connectivity index (χ1) is 12.6. The van der Waals surface area contributed by atoms with E-state index >= 15 is 0 Å². The van der Waals surface area contributed by atoms with Gasteiger partial charge in [0.15, 0.2) is 8.32 Å². The first-order valence-electron chi connectivity index (χ1n) is 9.27. The molecule has 0 unspecified atom stereocenters. The molecule has 0 rings (SSSR count). The molecule has 162 valence electrons. The Hall–Kier alpha value is -1.87. The van der Waals surface area contributed by atoms with Crippen molar-refractivity contribution in [3.8, 4) is 0 Å². The lowest BCUT2D eigenvalue weighted by Crippen LogP contribution is -2.53. The number of ether oxygens (including phenoxy) is 2. The van der Waals surface area contributed by atoms with Gasteiger partial charge in [0.2, 0.25) is 5.91 Å². The summed E-state index contributed by atoms with van der Waals surface area (Å²) in [7, 11) is -2.15. The number of alkyl carbamates (subject to hydrolysis) is 1. The highest BCUT2D eigenvalue weighted by Gasteiger charge is 2.38. The second kappa shape index (κ2) is 10.6. The zero-order chi connectivity index (χ0) is 22.2. The SMILES string of the molecule is C=CCOC(=O)CNC(=O)[C@H](CO[Si](C)(C)C(C)(C)C)NC(=O)OC(C)(C)C. The average Bonchev–Trinajstić information content (AvgIpc) is 2.51. The van der Waals surface area contributed by atoms with Crippen LogP contribution in [0.15, 0.2) is 12.7 Å². The average molecular weight is 417 g/mol. The van der Waals surface area contributed by atoms with E-state index in [9.17, 15) is 14.4 Å². The molecule has 8 nitrogen and oxygen atoms in total. The standard InChI is InChI=1S/C19H36N2O6Si/c1-10-11-25-15(22)12-20-16(23)14(21-17(24)27-18(2,3)4)13-26-28(8,9)19(5,6)7/h10,14H,1,11-13H2,2-9H3,(H,20,23)(H,21,24)/t14-/m0/s1. The molecular weight excluding hydrogens is 380 g/mol. The first kappa shape index (κ1) is 26.1. The number of amides is 2. The van der Waals surface area contributed by atoms with Crippen LogP contribution in [0.1, 0.15) is 41.5 Å². The Balaban J connectivity index is 5.06. The van der Waals surface area contributed by atoms with Crippen molar-refractivity contribution in [2.75, 3.05) is 19.8 Å². The van der Waals surface area contributed by atoms with Gasteiger partial charge >= 0.3 is 12.1 Å². The maximum atomic E-state index is 12.5. The summed E-state index contributed by atoms with van der Waals surface area (Å²) in [6.45, 7) is 18.6. The third kappa shape index (κ3) is 10.5. The third-order valence-electron chi connectivity index (χ3n) is 4.19. The summed E-state index contributed by atoms with van der Waals surface area (Å²) in [6, 6.07) is -1.00. The van der Waals surface area contributed by atoms with Gasteiger partial charge in [-0.05, 0) is 38.9 Å². The molecule has 9 heteroatoms. The molecule has 0 bridgehead atoms. The maximum absolute atomic E-state index is 12.5. The fraction of sp³-hybridized carbons (Fsp3) is 0.737. The summed E-state index contributed by atoms with van der Waals surface area (Å²) in [6.07, 6.45) is 0.695. The molecule has 0 spiro atoms. The highest BCUT2D eigenvalue weighted by atomic mass is 28.4. The van der Waals surface area contributed by atoms with E-state index in [-0.39, 0.29) is 24.8 Å². The normalized spacial score (nSPS) is 13.3. The first-order valence-corrected chi connectivity index (χ1v) is 12.2. The Morgan fingerprint density at radius 3 is 2.14 bits per heavy atom. The second-order valence-corrected chi connectivity index (χ2v) is 13.8. The molecule has 0 radical (unpaired) electrons. The molecule has 0 fully saturated rings. The van der Waals surface area contributed by atoms with Crippen LogP contribution in [-0.2, 0) is 23.5 Å². The number of nitrogens with one attached hydrogen (secondary N) is 2. The lowest BCUT2D eigenvalue weighted by molar-refractivity contribution is -0.143. The van der Waals surface area contributed by atoms with Crippen molar-refractivity contribution >= 4 is 26.3 Å². The van der Waals surface area contributed by atoms with Gasteiger partial charge in [0.05, 0.1) is 6.61 Å². The highest BCUT2D eigenvalue weighted by Crippen LogP contribution is 2.36. The maximum Gasteiger partial charge on any atom is 0.408 e. The smallest absolute Gasteiger partial charge is 0.408 e. The van der Waals surface area contributed by atoms with Gasteiger partial charge in [-0.1, -0.05) is 33.4 Å². The van der Waals surface area contributed by atoms with E-state index in [2.05, 4.69) is 38.0 Å². The van der Waals surface area contributed by atoms with E-state index in [1.54, 1.807) is 20.8 Å². The monoisotopic (exact) mass is 416 g/mol. The van der Waals surface area contributed by atoms with Crippen LogP contribution in [-0.4, -0.2) is 57.7 Å². The lowest BCUT2D eigenvalue weighted by Gasteiger charge is -2.37. The summed E-state index contributed by atoms with van der Waals surface area (Å²) in [4.78, 5) is 36.2. The van der Waals surface area contributed by atoms with Crippen molar-refractivity contribution in [3.05, 3.63) is 12.7 Å². The van der Waals surface area contributed by atoms with E-state index in [4.69, 9.17) is 13.9 Å². The van der Waals surface area contributed by atoms with Crippen molar-refractivity contribution in [1.82, 2.24) is 10.6 Å². The van der Waals surface area contributed by atoms with Crippen LogP contribution in [0, 0.1) is 0 Å². The molecule has 28 heavy (non-hydrogen) atoms. The molecule has 0 aliphatic rings. The molecule has 0 saturated heterocycles. The van der Waals surface area contributed by atoms with Crippen molar-refractivity contribution in [2.24, 2.45) is 0 Å². The molecule has 2 amide bonds. The van der Waals surface area contributed by atoms with Gasteiger partial charge in [0.25, 0.3) is 0 Å². The fourth-order valence-corrected chi connectivity index (χ4v) is 2.64. The number of carbonyl (C=O) groups is 3. The van der Waals surface area contributed by atoms with Crippen molar-refractivity contribution in [3.63, 3.8) is 0 Å². The van der Waals surface area contributed by atoms with Gasteiger partial charge in [0, 0.05) is 0 Å². The predicted molar refractivity (Wildman–Crippen MR) is 110 cm³/mol.